The topological polar surface area (TPSA) is 20.2 Å². The lowest BCUT2D eigenvalue weighted by Gasteiger charge is -1.97. The Morgan fingerprint density at radius 2 is 1.60 bits per heavy atom. The van der Waals surface area contributed by atoms with Gasteiger partial charge in [0.15, 0.2) is 0 Å². The molecule has 1 nitrogen and oxygen atoms in total. The summed E-state index contributed by atoms with van der Waals surface area (Å²) in [7, 11) is 0. The van der Waals surface area contributed by atoms with Crippen LogP contribution in [0.3, 0.4) is 0 Å². The van der Waals surface area contributed by atoms with Crippen LogP contribution in [0.2, 0.25) is 0 Å². The van der Waals surface area contributed by atoms with Crippen LogP contribution in [0, 0.1) is 6.92 Å². The van der Waals surface area contributed by atoms with Gasteiger partial charge in [0, 0.05) is 0 Å². The van der Waals surface area contributed by atoms with Crippen LogP contribution < -0.4 is 0 Å². The number of aliphatic hydroxyl groups is 1. The van der Waals surface area contributed by atoms with E-state index in [1.807, 2.05) is 24.3 Å². The summed E-state index contributed by atoms with van der Waals surface area (Å²) in [4.78, 5) is 0. The van der Waals surface area contributed by atoms with Crippen molar-refractivity contribution in [2.45, 2.75) is 13.0 Å². The maximum atomic E-state index is 8.69. The summed E-state index contributed by atoms with van der Waals surface area (Å²) in [6, 6.07) is 7.80. The molecule has 1 aromatic carbocycles. The second kappa shape index (κ2) is 3.37. The first-order valence-corrected chi connectivity index (χ1v) is 3.34. The van der Waals surface area contributed by atoms with Gasteiger partial charge in [0.05, 0.1) is 6.61 Å². The van der Waals surface area contributed by atoms with E-state index in [1.165, 1.54) is 5.56 Å². The average molecular weight is 135 g/mol. The van der Waals surface area contributed by atoms with E-state index < -0.39 is 0 Å². The minimum atomic E-state index is 0.122. The van der Waals surface area contributed by atoms with Crippen LogP contribution in [0.25, 0.3) is 0 Å². The predicted molar refractivity (Wildman–Crippen MR) is 41.4 cm³/mol. The largest absolute Gasteiger partial charge is 0.392 e. The molecule has 0 aliphatic heterocycles. The van der Waals surface area contributed by atoms with Gasteiger partial charge in [0.1, 0.15) is 0 Å². The fourth-order valence-electron chi connectivity index (χ4n) is 0.811. The molecule has 1 heteroatoms. The van der Waals surface area contributed by atoms with Crippen LogP contribution in [0.5, 0.6) is 0 Å². The molecule has 0 fully saturated rings. The third kappa shape index (κ3) is 1.58. The van der Waals surface area contributed by atoms with Gasteiger partial charge >= 0.3 is 0 Å². The Labute approximate surface area is 61.3 Å². The molecule has 53 valence electrons. The molecule has 10 heavy (non-hydrogen) atoms. The fraction of sp³-hybridized carbons (Fsp3) is 0.222. The number of aliphatic hydroxyl groups excluding tert-OH is 1. The highest BCUT2D eigenvalue weighted by atomic mass is 16.3. The van der Waals surface area contributed by atoms with Crippen molar-refractivity contribution in [2.75, 3.05) is 0 Å². The molecular weight excluding hydrogens is 124 g/mol. The van der Waals surface area contributed by atoms with Gasteiger partial charge in [-0.25, -0.2) is 0 Å². The molecule has 0 unspecified atom stereocenters. The van der Waals surface area contributed by atoms with E-state index >= 15 is 0 Å². The highest BCUT2D eigenvalue weighted by molar-refractivity contribution is 5.22. The molecule has 0 heterocycles. The Balaban J connectivity index is 2.80. The first-order valence-electron chi connectivity index (χ1n) is 3.34. The summed E-state index contributed by atoms with van der Waals surface area (Å²) in [6.07, 6.45) is 0.811. The van der Waals surface area contributed by atoms with E-state index in [0.717, 1.165) is 12.0 Å². The summed E-state index contributed by atoms with van der Waals surface area (Å²) in [5, 5.41) is 8.69. The predicted octanol–water partition coefficient (Wildman–Crippen LogP) is 1.56. The fourth-order valence-corrected chi connectivity index (χ4v) is 0.811. The molecule has 0 atom stereocenters. The van der Waals surface area contributed by atoms with Crippen molar-refractivity contribution >= 4 is 0 Å². The van der Waals surface area contributed by atoms with Gasteiger partial charge in [-0.3, -0.25) is 0 Å². The Kier molecular flexibility index (Phi) is 2.46. The molecule has 0 aliphatic carbocycles. The average Bonchev–Trinajstić information content (AvgIpc) is 2.05. The van der Waals surface area contributed by atoms with Crippen molar-refractivity contribution in [1.82, 2.24) is 0 Å². The molecule has 1 aromatic rings. The Hall–Kier alpha value is -0.820. The van der Waals surface area contributed by atoms with Gasteiger partial charge < -0.3 is 5.11 Å². The van der Waals surface area contributed by atoms with Crippen molar-refractivity contribution in [3.05, 3.63) is 42.3 Å². The number of hydrogen-bond acceptors (Lipinski definition) is 1. The molecule has 1 radical (unpaired) electrons. The second-order valence-electron chi connectivity index (χ2n) is 2.22. The van der Waals surface area contributed by atoms with Crippen molar-refractivity contribution < 1.29 is 5.11 Å². The number of hydrogen-bond donors (Lipinski definition) is 1. The first-order chi connectivity index (χ1) is 4.86. The SMILES string of the molecule is [CH2]Cc1ccc(CO)cc1. The lowest BCUT2D eigenvalue weighted by atomic mass is 10.1. The van der Waals surface area contributed by atoms with Crippen LogP contribution in [0.4, 0.5) is 0 Å². The molecule has 0 aromatic heterocycles. The van der Waals surface area contributed by atoms with Crippen LogP contribution in [-0.2, 0) is 13.0 Å². The zero-order valence-electron chi connectivity index (χ0n) is 5.88. The van der Waals surface area contributed by atoms with Gasteiger partial charge in [-0.1, -0.05) is 24.3 Å². The van der Waals surface area contributed by atoms with Gasteiger partial charge in [-0.15, -0.1) is 0 Å². The first kappa shape index (κ1) is 7.29. The van der Waals surface area contributed by atoms with E-state index in [1.54, 1.807) is 0 Å². The Bertz CT molecular complexity index is 165. The molecule has 0 spiro atoms. The van der Waals surface area contributed by atoms with Crippen molar-refractivity contribution in [1.29, 1.82) is 0 Å². The van der Waals surface area contributed by atoms with Gasteiger partial charge in [0.25, 0.3) is 0 Å². The van der Waals surface area contributed by atoms with Crippen molar-refractivity contribution in [3.63, 3.8) is 0 Å². The lowest BCUT2D eigenvalue weighted by Crippen LogP contribution is -1.83. The van der Waals surface area contributed by atoms with E-state index in [0.29, 0.717) is 0 Å². The molecular formula is C9H11O. The maximum absolute atomic E-state index is 8.69. The minimum Gasteiger partial charge on any atom is -0.392 e. The molecule has 0 aliphatic rings. The second-order valence-corrected chi connectivity index (χ2v) is 2.22. The zero-order valence-corrected chi connectivity index (χ0v) is 5.88. The van der Waals surface area contributed by atoms with Crippen LogP contribution >= 0.6 is 0 Å². The number of rotatable bonds is 2. The minimum absolute atomic E-state index is 0.122. The Morgan fingerprint density at radius 3 is 2.00 bits per heavy atom. The summed E-state index contributed by atoms with van der Waals surface area (Å²) >= 11 is 0. The molecule has 0 bridgehead atoms. The summed E-state index contributed by atoms with van der Waals surface area (Å²) < 4.78 is 0. The maximum Gasteiger partial charge on any atom is 0.0681 e. The standard InChI is InChI=1S/C9H11O/c1-2-8-3-5-9(7-10)6-4-8/h3-6,10H,1-2,7H2. The third-order valence-electron chi connectivity index (χ3n) is 1.49. The molecule has 0 amide bonds. The highest BCUT2D eigenvalue weighted by Gasteiger charge is 1.89. The van der Waals surface area contributed by atoms with Crippen LogP contribution in [-0.4, -0.2) is 5.11 Å². The Morgan fingerprint density at radius 1 is 1.10 bits per heavy atom. The monoisotopic (exact) mass is 135 g/mol. The highest BCUT2D eigenvalue weighted by Crippen LogP contribution is 2.03. The van der Waals surface area contributed by atoms with Crippen LogP contribution in [0.15, 0.2) is 24.3 Å². The zero-order chi connectivity index (χ0) is 7.40. The van der Waals surface area contributed by atoms with E-state index in [2.05, 4.69) is 6.92 Å². The molecule has 1 N–H and O–H groups in total. The van der Waals surface area contributed by atoms with Gasteiger partial charge in [-0.05, 0) is 24.5 Å². The lowest BCUT2D eigenvalue weighted by molar-refractivity contribution is 0.282. The van der Waals surface area contributed by atoms with Gasteiger partial charge in [-0.2, -0.15) is 0 Å². The number of benzene rings is 1. The van der Waals surface area contributed by atoms with Crippen molar-refractivity contribution in [3.8, 4) is 0 Å². The quantitative estimate of drug-likeness (QED) is 0.652. The normalized spacial score (nSPS) is 9.80. The van der Waals surface area contributed by atoms with E-state index in [4.69, 9.17) is 5.11 Å². The van der Waals surface area contributed by atoms with Gasteiger partial charge in [0.2, 0.25) is 0 Å². The summed E-state index contributed by atoms with van der Waals surface area (Å²) in [6.45, 7) is 3.87. The van der Waals surface area contributed by atoms with Crippen molar-refractivity contribution in [2.24, 2.45) is 0 Å². The van der Waals surface area contributed by atoms with Crippen LogP contribution in [0.1, 0.15) is 11.1 Å². The third-order valence-corrected chi connectivity index (χ3v) is 1.49. The summed E-state index contributed by atoms with van der Waals surface area (Å²) in [5.41, 5.74) is 2.16. The summed E-state index contributed by atoms with van der Waals surface area (Å²) in [5.74, 6) is 0. The molecule has 1 rings (SSSR count). The smallest absolute Gasteiger partial charge is 0.0681 e. The van der Waals surface area contributed by atoms with E-state index in [-0.39, 0.29) is 6.61 Å². The molecule has 0 saturated heterocycles. The molecule has 0 saturated carbocycles. The van der Waals surface area contributed by atoms with E-state index in [9.17, 15) is 0 Å².